The van der Waals surface area contributed by atoms with Gasteiger partial charge in [0.2, 0.25) is 0 Å². The third-order valence-corrected chi connectivity index (χ3v) is 13.5. The van der Waals surface area contributed by atoms with Crippen LogP contribution in [0.25, 0.3) is 0 Å². The van der Waals surface area contributed by atoms with Crippen LogP contribution in [-0.4, -0.2) is 24.2 Å². The number of unbranched alkanes of at least 4 members (excludes halogenated alkanes) is 36. The highest BCUT2D eigenvalue weighted by Crippen LogP contribution is 2.29. The monoisotopic (exact) mass is 888 g/mol. The molecule has 0 aliphatic rings. The molecule has 0 saturated carbocycles. The van der Waals surface area contributed by atoms with E-state index in [1.807, 2.05) is 12.1 Å². The molecule has 0 saturated heterocycles. The first-order chi connectivity index (χ1) is 31.7. The largest absolute Gasteiger partial charge is 0.478 e. The normalized spacial score (nSPS) is 11.9. The molecule has 0 unspecified atom stereocenters. The van der Waals surface area contributed by atoms with Gasteiger partial charge in [-0.25, -0.2) is 4.79 Å². The second-order valence-electron chi connectivity index (χ2n) is 19.7. The highest BCUT2D eigenvalue weighted by Gasteiger charge is 2.20. The number of carboxylic acid groups (broad SMARTS) is 1. The molecular weight excluding hydrogens is 779 g/mol. The van der Waals surface area contributed by atoms with Gasteiger partial charge in [-0.2, -0.15) is 0 Å². The maximum absolute atomic E-state index is 12.7. The minimum absolute atomic E-state index is 0.510. The fraction of sp³-hybridized carbons (Fsp3) is 0.787. The lowest BCUT2D eigenvalue weighted by Crippen LogP contribution is -2.29. The van der Waals surface area contributed by atoms with Gasteiger partial charge >= 0.3 is 5.97 Å². The lowest BCUT2D eigenvalue weighted by Gasteiger charge is -2.29. The number of nitrogens with zero attached hydrogens (tertiary/aromatic N) is 1. The van der Waals surface area contributed by atoms with E-state index in [1.165, 1.54) is 256 Å². The van der Waals surface area contributed by atoms with Crippen LogP contribution in [0.4, 0.5) is 5.69 Å². The van der Waals surface area contributed by atoms with Crippen molar-refractivity contribution in [2.75, 3.05) is 18.0 Å². The predicted molar refractivity (Wildman–Crippen MR) is 288 cm³/mol. The lowest BCUT2D eigenvalue weighted by molar-refractivity contribution is 0.0697. The molecule has 1 aromatic rings. The summed E-state index contributed by atoms with van der Waals surface area (Å²) in [5.41, 5.74) is 2.80. The van der Waals surface area contributed by atoms with Gasteiger partial charge in [0.05, 0.1) is 11.3 Å². The summed E-state index contributed by atoms with van der Waals surface area (Å²) in [6, 6.07) is 6.09. The highest BCUT2D eigenvalue weighted by molar-refractivity contribution is 5.95. The number of benzene rings is 1. The number of rotatable bonds is 50. The van der Waals surface area contributed by atoms with Crippen molar-refractivity contribution in [1.29, 1.82) is 0 Å². The number of aryl methyl sites for hydroxylation is 1. The van der Waals surface area contributed by atoms with Gasteiger partial charge < -0.3 is 10.0 Å². The van der Waals surface area contributed by atoms with Gasteiger partial charge in [0.15, 0.2) is 0 Å². The van der Waals surface area contributed by atoms with Gasteiger partial charge in [0.25, 0.3) is 0 Å². The molecule has 1 rings (SSSR count). The van der Waals surface area contributed by atoms with E-state index in [4.69, 9.17) is 0 Å². The van der Waals surface area contributed by atoms with Crippen molar-refractivity contribution in [3.63, 3.8) is 0 Å². The molecule has 3 heteroatoms. The Labute approximate surface area is 400 Å². The summed E-state index contributed by atoms with van der Waals surface area (Å²) >= 11 is 0. The third kappa shape index (κ3) is 37.9. The quantitative estimate of drug-likeness (QED) is 0.0523. The van der Waals surface area contributed by atoms with Crippen molar-refractivity contribution in [2.24, 2.45) is 0 Å². The van der Waals surface area contributed by atoms with Crippen molar-refractivity contribution in [1.82, 2.24) is 0 Å². The summed E-state index contributed by atoms with van der Waals surface area (Å²) in [6.45, 7) is 8.81. The number of carboxylic acids is 1. The van der Waals surface area contributed by atoms with Crippen LogP contribution in [-0.2, 0) is 6.42 Å². The molecule has 0 spiro atoms. The van der Waals surface area contributed by atoms with Crippen LogP contribution in [0.1, 0.15) is 306 Å². The van der Waals surface area contributed by atoms with Gasteiger partial charge in [0, 0.05) is 13.1 Å². The number of allylic oxidation sites excluding steroid dienone is 6. The molecule has 0 fully saturated rings. The van der Waals surface area contributed by atoms with Gasteiger partial charge in [-0.05, 0) is 114 Å². The molecule has 0 aliphatic heterocycles. The summed E-state index contributed by atoms with van der Waals surface area (Å²) in [5.74, 6) is -0.773. The first-order valence-electron chi connectivity index (χ1n) is 28.7. The van der Waals surface area contributed by atoms with Crippen LogP contribution in [0.3, 0.4) is 0 Å². The number of aromatic carboxylic acids is 1. The number of para-hydroxylation sites is 1. The van der Waals surface area contributed by atoms with Crippen molar-refractivity contribution in [3.8, 4) is 0 Å². The number of carbonyl (C=O) groups is 1. The highest BCUT2D eigenvalue weighted by atomic mass is 16.4. The zero-order chi connectivity index (χ0) is 46.1. The van der Waals surface area contributed by atoms with Gasteiger partial charge in [-0.1, -0.05) is 243 Å². The van der Waals surface area contributed by atoms with E-state index >= 15 is 0 Å². The van der Waals surface area contributed by atoms with Crippen LogP contribution in [0.2, 0.25) is 0 Å². The summed E-state index contributed by atoms with van der Waals surface area (Å²) in [6.07, 6.45) is 70.6. The third-order valence-electron chi connectivity index (χ3n) is 13.5. The molecule has 64 heavy (non-hydrogen) atoms. The zero-order valence-corrected chi connectivity index (χ0v) is 43.3. The Morgan fingerprint density at radius 2 is 0.672 bits per heavy atom. The standard InChI is InChI=1S/C61H109NO2/c1-4-7-10-13-16-19-22-25-28-31-34-37-40-43-46-49-53-58-54-52-55-59(61(63)64)60(58)62(56-50-47-44-41-38-35-32-29-26-23-20-17-14-11-8-5-2)57-51-48-45-42-39-36-33-30-27-24-21-18-15-12-9-6-3/h25-30,52,54-55H,4-24,31-51,53,56-57H2,1-3H3,(H,63,64)/b28-25-,29-26-,30-27-. The summed E-state index contributed by atoms with van der Waals surface area (Å²) in [4.78, 5) is 15.2. The SMILES string of the molecule is CCCCCCCC/C=C\CCCCCCCCc1cccc(C(=O)O)c1N(CCCCCCCC/C=C\CCCCCCCC)CCCCCCCC/C=C\CCCCCCCC. The molecule has 1 N–H and O–H groups in total. The van der Waals surface area contributed by atoms with Crippen LogP contribution < -0.4 is 4.90 Å². The summed E-state index contributed by atoms with van der Waals surface area (Å²) in [7, 11) is 0. The smallest absolute Gasteiger partial charge is 0.337 e. The first kappa shape index (κ1) is 59.7. The minimum atomic E-state index is -0.773. The fourth-order valence-corrected chi connectivity index (χ4v) is 9.34. The average Bonchev–Trinajstić information content (AvgIpc) is 3.30. The molecule has 0 amide bonds. The van der Waals surface area contributed by atoms with Crippen molar-refractivity contribution in [3.05, 3.63) is 65.8 Å². The Kier molecular flexibility index (Phi) is 45.4. The molecule has 0 radical (unpaired) electrons. The van der Waals surface area contributed by atoms with Gasteiger partial charge in [0.1, 0.15) is 0 Å². The second kappa shape index (κ2) is 48.6. The van der Waals surface area contributed by atoms with E-state index in [0.717, 1.165) is 44.5 Å². The van der Waals surface area contributed by atoms with Gasteiger partial charge in [-0.3, -0.25) is 0 Å². The Hall–Kier alpha value is -2.29. The Balaban J connectivity index is 2.57. The predicted octanol–water partition coefficient (Wildman–Crippen LogP) is 20.8. The topological polar surface area (TPSA) is 40.5 Å². The van der Waals surface area contributed by atoms with Crippen LogP contribution in [0.5, 0.6) is 0 Å². The van der Waals surface area contributed by atoms with E-state index in [-0.39, 0.29) is 0 Å². The zero-order valence-electron chi connectivity index (χ0n) is 43.3. The molecule has 0 aliphatic carbocycles. The Morgan fingerprint density at radius 3 is 0.984 bits per heavy atom. The minimum Gasteiger partial charge on any atom is -0.478 e. The lowest BCUT2D eigenvalue weighted by atomic mass is 9.98. The molecule has 3 nitrogen and oxygen atoms in total. The Morgan fingerprint density at radius 1 is 0.391 bits per heavy atom. The average molecular weight is 889 g/mol. The van der Waals surface area contributed by atoms with Crippen molar-refractivity contribution in [2.45, 2.75) is 297 Å². The molecular formula is C61H109NO2. The van der Waals surface area contributed by atoms with E-state index in [1.54, 1.807) is 0 Å². The molecule has 0 atom stereocenters. The maximum atomic E-state index is 12.7. The molecule has 0 bridgehead atoms. The maximum Gasteiger partial charge on any atom is 0.337 e. The first-order valence-corrected chi connectivity index (χ1v) is 28.7. The van der Waals surface area contributed by atoms with E-state index in [0.29, 0.717) is 5.56 Å². The molecule has 1 aromatic carbocycles. The fourth-order valence-electron chi connectivity index (χ4n) is 9.34. The molecule has 0 aromatic heterocycles. The van der Waals surface area contributed by atoms with E-state index in [9.17, 15) is 9.90 Å². The number of anilines is 1. The molecule has 370 valence electrons. The van der Waals surface area contributed by atoms with Crippen LogP contribution >= 0.6 is 0 Å². The van der Waals surface area contributed by atoms with Crippen molar-refractivity contribution < 1.29 is 9.90 Å². The second-order valence-corrected chi connectivity index (χ2v) is 19.7. The number of hydrogen-bond acceptors (Lipinski definition) is 2. The van der Waals surface area contributed by atoms with Gasteiger partial charge in [-0.15, -0.1) is 0 Å². The Bertz CT molecular complexity index is 1170. The number of hydrogen-bond donors (Lipinski definition) is 1. The summed E-state index contributed by atoms with van der Waals surface area (Å²) < 4.78 is 0. The summed E-state index contributed by atoms with van der Waals surface area (Å²) in [5, 5.41) is 10.4. The van der Waals surface area contributed by atoms with E-state index < -0.39 is 5.97 Å². The van der Waals surface area contributed by atoms with Crippen molar-refractivity contribution >= 4 is 11.7 Å². The molecule has 0 heterocycles. The van der Waals surface area contributed by atoms with Crippen LogP contribution in [0.15, 0.2) is 54.7 Å². The van der Waals surface area contributed by atoms with E-state index in [2.05, 4.69) is 68.2 Å². The van der Waals surface area contributed by atoms with Crippen LogP contribution in [0, 0.1) is 0 Å².